The number of hydrogen-bond donors (Lipinski definition) is 1. The van der Waals surface area contributed by atoms with E-state index >= 15 is 0 Å². The lowest BCUT2D eigenvalue weighted by molar-refractivity contribution is 0.633. The quantitative estimate of drug-likeness (QED) is 0.731. The normalized spacial score (nSPS) is 11.2. The third-order valence-corrected chi connectivity index (χ3v) is 6.53. The Bertz CT molecular complexity index is 569. The molecule has 20 heavy (non-hydrogen) atoms. The summed E-state index contributed by atoms with van der Waals surface area (Å²) >= 11 is 0. The van der Waals surface area contributed by atoms with Crippen molar-refractivity contribution in [2.75, 3.05) is 0 Å². The Balaban J connectivity index is 2.24. The second-order valence-corrected chi connectivity index (χ2v) is 7.46. The maximum absolute atomic E-state index is 11.5. The van der Waals surface area contributed by atoms with Crippen LogP contribution < -0.4 is 15.9 Å². The molecule has 0 heterocycles. The second kappa shape index (κ2) is 5.58. The van der Waals surface area contributed by atoms with Gasteiger partial charge in [-0.05, 0) is 0 Å². The summed E-state index contributed by atoms with van der Waals surface area (Å²) in [5.74, 6) is 0. The molecule has 0 bridgehead atoms. The molecule has 0 spiro atoms. The lowest BCUT2D eigenvalue weighted by Gasteiger charge is -2.31. The van der Waals surface area contributed by atoms with E-state index in [0.717, 1.165) is 15.9 Å². The van der Waals surface area contributed by atoms with Crippen LogP contribution in [0.25, 0.3) is 0 Å². The molecule has 0 saturated carbocycles. The molecule has 3 rings (SSSR count). The van der Waals surface area contributed by atoms with Crippen LogP contribution in [0.2, 0.25) is 0 Å². The molecule has 0 unspecified atom stereocenters. The largest absolute Gasteiger partial charge is 0.366 e. The van der Waals surface area contributed by atoms with Gasteiger partial charge in [-0.3, -0.25) is 0 Å². The van der Waals surface area contributed by atoms with Crippen molar-refractivity contribution >= 4 is 23.4 Å². The molecule has 99 valence electrons. The highest BCUT2D eigenvalue weighted by Gasteiger charge is 2.30. The van der Waals surface area contributed by atoms with Crippen molar-refractivity contribution in [3.63, 3.8) is 0 Å². The smallest absolute Gasteiger partial charge is 0.0666 e. The van der Waals surface area contributed by atoms with E-state index in [1.165, 1.54) is 0 Å². The van der Waals surface area contributed by atoms with Crippen molar-refractivity contribution in [1.82, 2.24) is 0 Å². The van der Waals surface area contributed by atoms with Gasteiger partial charge < -0.3 is 4.89 Å². The molecule has 0 saturated heterocycles. The SMILES string of the molecule is O[P](c1ccccc1)(c1ccccc1)c1ccccc1. The second-order valence-electron chi connectivity index (χ2n) is 4.64. The van der Waals surface area contributed by atoms with Gasteiger partial charge in [-0.15, -0.1) is 0 Å². The first kappa shape index (κ1) is 13.1. The molecule has 1 N–H and O–H groups in total. The van der Waals surface area contributed by atoms with E-state index in [-0.39, 0.29) is 0 Å². The monoisotopic (exact) mass is 279 g/mol. The highest BCUT2D eigenvalue weighted by atomic mass is 31.2. The minimum atomic E-state index is -2.53. The summed E-state index contributed by atoms with van der Waals surface area (Å²) in [4.78, 5) is 11.5. The van der Waals surface area contributed by atoms with Gasteiger partial charge in [0.25, 0.3) is 0 Å². The van der Waals surface area contributed by atoms with Crippen LogP contribution in [0.1, 0.15) is 0 Å². The first-order chi connectivity index (χ1) is 9.82. The zero-order chi connectivity index (χ0) is 13.8. The van der Waals surface area contributed by atoms with Gasteiger partial charge in [0.2, 0.25) is 0 Å². The Kier molecular flexibility index (Phi) is 3.64. The first-order valence-corrected chi connectivity index (χ1v) is 8.34. The Morgan fingerprint density at radius 1 is 0.450 bits per heavy atom. The van der Waals surface area contributed by atoms with Gasteiger partial charge >= 0.3 is 0 Å². The number of benzene rings is 3. The molecule has 1 radical (unpaired) electrons. The van der Waals surface area contributed by atoms with Crippen LogP contribution in [0.3, 0.4) is 0 Å². The fourth-order valence-corrected chi connectivity index (χ4v) is 5.08. The van der Waals surface area contributed by atoms with Crippen molar-refractivity contribution in [3.05, 3.63) is 91.0 Å². The average Bonchev–Trinajstić information content (AvgIpc) is 2.56. The van der Waals surface area contributed by atoms with Crippen molar-refractivity contribution in [1.29, 1.82) is 0 Å². The fourth-order valence-electron chi connectivity index (χ4n) is 2.38. The topological polar surface area (TPSA) is 20.2 Å². The number of rotatable bonds is 3. The molecule has 0 aromatic heterocycles. The van der Waals surface area contributed by atoms with Crippen LogP contribution in [0.15, 0.2) is 91.0 Å². The van der Waals surface area contributed by atoms with E-state index in [0.29, 0.717) is 0 Å². The van der Waals surface area contributed by atoms with E-state index < -0.39 is 7.49 Å². The maximum atomic E-state index is 11.5. The van der Waals surface area contributed by atoms with E-state index in [1.54, 1.807) is 0 Å². The molecule has 0 fully saturated rings. The number of hydrogen-bond acceptors (Lipinski definition) is 1. The third kappa shape index (κ3) is 2.27. The van der Waals surface area contributed by atoms with Gasteiger partial charge in [-0.2, -0.15) is 0 Å². The summed E-state index contributed by atoms with van der Waals surface area (Å²) in [5.41, 5.74) is 0. The van der Waals surface area contributed by atoms with Crippen LogP contribution in [0.5, 0.6) is 0 Å². The molecule has 3 aromatic rings. The maximum Gasteiger partial charge on any atom is 0.0666 e. The summed E-state index contributed by atoms with van der Waals surface area (Å²) in [7, 11) is -2.53. The van der Waals surface area contributed by atoms with Gasteiger partial charge in [0.15, 0.2) is 0 Å². The summed E-state index contributed by atoms with van der Waals surface area (Å²) < 4.78 is 0. The molecule has 0 aliphatic rings. The summed E-state index contributed by atoms with van der Waals surface area (Å²) in [5, 5.41) is 2.95. The van der Waals surface area contributed by atoms with Gasteiger partial charge in [-0.25, -0.2) is 0 Å². The Labute approximate surface area is 120 Å². The first-order valence-electron chi connectivity index (χ1n) is 6.60. The molecule has 0 amide bonds. The Morgan fingerprint density at radius 2 is 0.700 bits per heavy atom. The summed E-state index contributed by atoms with van der Waals surface area (Å²) in [6.07, 6.45) is 0. The summed E-state index contributed by atoms with van der Waals surface area (Å²) in [6.45, 7) is 0. The molecule has 3 aromatic carbocycles. The standard InChI is InChI=1S/C18H16OP/c19-20(16-10-4-1-5-11-16,17-12-6-2-7-13-17)18-14-8-3-9-15-18/h1-15,19H. The lowest BCUT2D eigenvalue weighted by Crippen LogP contribution is -2.30. The molecule has 0 aliphatic carbocycles. The van der Waals surface area contributed by atoms with Crippen LogP contribution in [0, 0.1) is 0 Å². The highest BCUT2D eigenvalue weighted by Crippen LogP contribution is 2.50. The zero-order valence-corrected chi connectivity index (χ0v) is 11.9. The minimum absolute atomic E-state index is 0.984. The third-order valence-electron chi connectivity index (χ3n) is 3.39. The Hall–Kier alpha value is -1.95. The van der Waals surface area contributed by atoms with Gasteiger partial charge in [0.1, 0.15) is 0 Å². The predicted molar refractivity (Wildman–Crippen MR) is 87.4 cm³/mol. The van der Waals surface area contributed by atoms with Crippen LogP contribution >= 0.6 is 7.49 Å². The van der Waals surface area contributed by atoms with E-state index in [4.69, 9.17) is 0 Å². The molecule has 1 nitrogen and oxygen atoms in total. The molecule has 2 heteroatoms. The van der Waals surface area contributed by atoms with Gasteiger partial charge in [0, 0.05) is 15.9 Å². The van der Waals surface area contributed by atoms with Crippen molar-refractivity contribution < 1.29 is 4.89 Å². The minimum Gasteiger partial charge on any atom is -0.366 e. The van der Waals surface area contributed by atoms with Gasteiger partial charge in [-0.1, -0.05) is 91.0 Å². The van der Waals surface area contributed by atoms with Crippen LogP contribution in [-0.4, -0.2) is 4.89 Å². The Morgan fingerprint density at radius 3 is 0.950 bits per heavy atom. The summed E-state index contributed by atoms with van der Waals surface area (Å²) in [6, 6.07) is 29.8. The lowest BCUT2D eigenvalue weighted by atomic mass is 10.4. The fraction of sp³-hybridized carbons (Fsp3) is 0. The van der Waals surface area contributed by atoms with E-state index in [9.17, 15) is 4.89 Å². The predicted octanol–water partition coefficient (Wildman–Crippen LogP) is 2.89. The molecule has 0 aliphatic heterocycles. The van der Waals surface area contributed by atoms with Gasteiger partial charge in [0.05, 0.1) is 7.49 Å². The zero-order valence-electron chi connectivity index (χ0n) is 11.1. The van der Waals surface area contributed by atoms with E-state index in [2.05, 4.69) is 0 Å². The van der Waals surface area contributed by atoms with Crippen LogP contribution in [-0.2, 0) is 0 Å². The molecule has 0 atom stereocenters. The van der Waals surface area contributed by atoms with Crippen molar-refractivity contribution in [2.24, 2.45) is 0 Å². The van der Waals surface area contributed by atoms with Crippen molar-refractivity contribution in [3.8, 4) is 0 Å². The average molecular weight is 279 g/mol. The highest BCUT2D eigenvalue weighted by molar-refractivity contribution is 7.91. The molecular formula is C18H16OP. The van der Waals surface area contributed by atoms with E-state index in [1.807, 2.05) is 91.0 Å². The van der Waals surface area contributed by atoms with Crippen molar-refractivity contribution in [2.45, 2.75) is 0 Å². The molecular weight excluding hydrogens is 263 g/mol. The van der Waals surface area contributed by atoms with Crippen LogP contribution in [0.4, 0.5) is 0 Å².